The van der Waals surface area contributed by atoms with Crippen molar-refractivity contribution >= 4 is 58.3 Å². The highest BCUT2D eigenvalue weighted by atomic mass is 32.1. The van der Waals surface area contributed by atoms with Gasteiger partial charge in [0.25, 0.3) is 11.8 Å². The second kappa shape index (κ2) is 16.8. The van der Waals surface area contributed by atoms with Gasteiger partial charge in [-0.1, -0.05) is 91.8 Å². The van der Waals surface area contributed by atoms with Crippen molar-refractivity contribution in [2.45, 2.75) is 79.1 Å². The molecule has 2 N–H and O–H groups in total. The van der Waals surface area contributed by atoms with E-state index in [4.69, 9.17) is 0 Å². The van der Waals surface area contributed by atoms with E-state index in [1.165, 1.54) is 17.6 Å². The molecule has 0 aliphatic heterocycles. The van der Waals surface area contributed by atoms with Gasteiger partial charge >= 0.3 is 0 Å². The maximum atomic E-state index is 13.2. The number of carbonyl (C=O) groups excluding carboxylic acids is 2. The number of thiophene rings is 1. The second-order valence-electron chi connectivity index (χ2n) is 14.2. The van der Waals surface area contributed by atoms with E-state index in [0.29, 0.717) is 22.5 Å². The number of nitrogens with zero attached hydrogens (tertiary/aromatic N) is 2. The molecule has 0 unspecified atom stereocenters. The summed E-state index contributed by atoms with van der Waals surface area (Å²) in [6.07, 6.45) is 3.26. The smallest absolute Gasteiger partial charge is 0.255 e. The van der Waals surface area contributed by atoms with E-state index in [-0.39, 0.29) is 35.5 Å². The lowest BCUT2D eigenvalue weighted by atomic mass is 9.92. The Balaban J connectivity index is 1.22. The Kier molecular flexibility index (Phi) is 12.2. The van der Waals surface area contributed by atoms with Crippen LogP contribution in [0.25, 0.3) is 0 Å². The summed E-state index contributed by atoms with van der Waals surface area (Å²) in [5.41, 5.74) is 8.35. The van der Waals surface area contributed by atoms with Gasteiger partial charge < -0.3 is 15.8 Å². The summed E-state index contributed by atoms with van der Waals surface area (Å²) >= 11 is 1.43. The molecular formula is C44H48N4O3S. The maximum absolute atomic E-state index is 13.2. The molecule has 1 aromatic heterocycles. The minimum atomic E-state index is -0.212. The number of benzene rings is 4. The molecule has 0 aliphatic carbocycles. The molecule has 0 saturated carbocycles. The predicted octanol–water partition coefficient (Wildman–Crippen LogP) is 11.8. The third-order valence-electron chi connectivity index (χ3n) is 8.97. The van der Waals surface area contributed by atoms with Crippen LogP contribution in [0.4, 0.5) is 22.7 Å². The number of rotatable bonds is 12. The summed E-state index contributed by atoms with van der Waals surface area (Å²) in [5, 5.41) is 19.3. The van der Waals surface area contributed by atoms with Crippen LogP contribution in [-0.2, 0) is 0 Å². The van der Waals surface area contributed by atoms with Crippen LogP contribution in [-0.4, -0.2) is 29.0 Å². The number of anilines is 2. The number of nitrogens with one attached hydrogen (secondary N) is 2. The Hall–Kier alpha value is -5.34. The summed E-state index contributed by atoms with van der Waals surface area (Å²) in [5.74, 6) is 0.706. The molecule has 52 heavy (non-hydrogen) atoms. The summed E-state index contributed by atoms with van der Waals surface area (Å²) in [4.78, 5) is 32.7. The lowest BCUT2D eigenvalue weighted by Gasteiger charge is -2.20. The lowest BCUT2D eigenvalue weighted by Crippen LogP contribution is -2.16. The van der Waals surface area contributed by atoms with Crippen molar-refractivity contribution in [1.29, 1.82) is 0 Å². The summed E-state index contributed by atoms with van der Waals surface area (Å²) in [7, 11) is 0. The van der Waals surface area contributed by atoms with E-state index in [1.54, 1.807) is 42.6 Å². The molecular weight excluding hydrogens is 665 g/mol. The van der Waals surface area contributed by atoms with Crippen molar-refractivity contribution < 1.29 is 14.3 Å². The van der Waals surface area contributed by atoms with Gasteiger partial charge in [0.2, 0.25) is 5.69 Å². The fourth-order valence-electron chi connectivity index (χ4n) is 6.06. The van der Waals surface area contributed by atoms with E-state index < -0.39 is 0 Å². The Morgan fingerprint density at radius 1 is 0.596 bits per heavy atom. The van der Waals surface area contributed by atoms with Gasteiger partial charge in [0.1, 0.15) is 0 Å². The van der Waals surface area contributed by atoms with Crippen LogP contribution in [0.5, 0.6) is 0 Å². The van der Waals surface area contributed by atoms with Gasteiger partial charge in [-0.3, -0.25) is 14.6 Å². The summed E-state index contributed by atoms with van der Waals surface area (Å²) in [6, 6.07) is 30.0. The topological polar surface area (TPSA) is 96.6 Å². The first-order chi connectivity index (χ1) is 24.8. The molecule has 0 atom stereocenters. The van der Waals surface area contributed by atoms with Crippen molar-refractivity contribution in [3.05, 3.63) is 145 Å². The molecule has 0 aliphatic rings. The monoisotopic (exact) mass is 712 g/mol. The molecule has 4 aromatic carbocycles. The zero-order chi connectivity index (χ0) is 37.5. The molecule has 2 amide bonds. The highest BCUT2D eigenvalue weighted by Gasteiger charge is 2.19. The average molecular weight is 713 g/mol. The van der Waals surface area contributed by atoms with E-state index >= 15 is 0 Å². The van der Waals surface area contributed by atoms with Gasteiger partial charge in [-0.15, -0.1) is 11.3 Å². The largest absolute Gasteiger partial charge is 0.618 e. The Morgan fingerprint density at radius 2 is 1.00 bits per heavy atom. The molecule has 8 heteroatoms. The number of amides is 2. The number of carbonyl (C=O) groups is 2. The van der Waals surface area contributed by atoms with Crippen LogP contribution in [0.1, 0.15) is 132 Å². The van der Waals surface area contributed by atoms with Crippen LogP contribution >= 0.6 is 11.3 Å². The summed E-state index contributed by atoms with van der Waals surface area (Å²) in [6.45, 7) is 17.0. The first-order valence-electron chi connectivity index (χ1n) is 17.9. The van der Waals surface area contributed by atoms with E-state index in [2.05, 4.69) is 101 Å². The fraction of sp³-hybridized carbons (Fsp3) is 0.273. The third-order valence-corrected chi connectivity index (χ3v) is 9.92. The Morgan fingerprint density at radius 3 is 1.42 bits per heavy atom. The molecule has 268 valence electrons. The van der Waals surface area contributed by atoms with Crippen molar-refractivity contribution in [3.8, 4) is 0 Å². The Labute approximate surface area is 311 Å². The molecule has 1 heterocycles. The SMILES string of the molecule is CC(C)c1cccc(C(C)C)c1NC(=O)c1ccc(N=Cc2ccc(/C=[N+](/[O-])c3ccc(C(=O)Nc4c(C(C)C)cccc4C(C)C)cc3)s2)cc1. The quantitative estimate of drug-likeness (QED) is 0.0583. The molecule has 0 spiro atoms. The van der Waals surface area contributed by atoms with Gasteiger partial charge in [0.15, 0.2) is 6.21 Å². The molecule has 0 bridgehead atoms. The molecule has 5 aromatic rings. The zero-order valence-electron chi connectivity index (χ0n) is 31.2. The predicted molar refractivity (Wildman–Crippen MR) is 218 cm³/mol. The van der Waals surface area contributed by atoms with Crippen LogP contribution < -0.4 is 10.6 Å². The van der Waals surface area contributed by atoms with Gasteiger partial charge in [0.05, 0.1) is 10.6 Å². The highest BCUT2D eigenvalue weighted by Crippen LogP contribution is 2.34. The van der Waals surface area contributed by atoms with Crippen LogP contribution in [0, 0.1) is 5.21 Å². The lowest BCUT2D eigenvalue weighted by molar-refractivity contribution is -0.354. The standard InChI is InChI=1S/C44H48N4O3S/c1-27(2)37-11-9-12-38(28(3)4)41(37)46-43(49)31-15-19-33(20-16-31)45-25-35-23-24-36(52-35)26-48(51)34-21-17-32(18-22-34)44(50)47-42-39(29(5)6)13-10-14-40(42)30(7)8/h9-30H,1-8H3,(H,46,49)(H,47,50)/b45-25?,48-26+. The zero-order valence-corrected chi connectivity index (χ0v) is 32.0. The van der Waals surface area contributed by atoms with E-state index in [1.807, 2.05) is 30.3 Å². The molecule has 0 radical (unpaired) electrons. The molecule has 0 saturated heterocycles. The van der Waals surface area contributed by atoms with Crippen LogP contribution in [0.2, 0.25) is 0 Å². The molecule has 0 fully saturated rings. The van der Waals surface area contributed by atoms with E-state index in [9.17, 15) is 14.8 Å². The van der Waals surface area contributed by atoms with Gasteiger partial charge in [-0.2, -0.15) is 4.74 Å². The second-order valence-corrected chi connectivity index (χ2v) is 15.3. The third kappa shape index (κ3) is 9.11. The molecule has 7 nitrogen and oxygen atoms in total. The first kappa shape index (κ1) is 37.9. The van der Waals surface area contributed by atoms with Gasteiger partial charge in [0, 0.05) is 45.7 Å². The number of para-hydroxylation sites is 2. The molecule has 5 rings (SSSR count). The first-order valence-corrected chi connectivity index (χ1v) is 18.7. The van der Waals surface area contributed by atoms with Gasteiger partial charge in [-0.25, -0.2) is 0 Å². The normalized spacial score (nSPS) is 12.0. The van der Waals surface area contributed by atoms with Crippen molar-refractivity contribution in [1.82, 2.24) is 0 Å². The fourth-order valence-corrected chi connectivity index (χ4v) is 6.85. The van der Waals surface area contributed by atoms with Crippen LogP contribution in [0.15, 0.2) is 102 Å². The number of hydrogen-bond donors (Lipinski definition) is 2. The number of aliphatic imine (C=N–C) groups is 1. The Bertz CT molecular complexity index is 2040. The maximum Gasteiger partial charge on any atom is 0.255 e. The van der Waals surface area contributed by atoms with Crippen molar-refractivity contribution in [2.24, 2.45) is 4.99 Å². The van der Waals surface area contributed by atoms with E-state index in [0.717, 1.165) is 48.1 Å². The minimum absolute atomic E-state index is 0.156. The average Bonchev–Trinajstić information content (AvgIpc) is 3.57. The highest BCUT2D eigenvalue weighted by molar-refractivity contribution is 7.15. The van der Waals surface area contributed by atoms with Crippen molar-refractivity contribution in [2.75, 3.05) is 10.6 Å². The van der Waals surface area contributed by atoms with Crippen LogP contribution in [0.3, 0.4) is 0 Å². The number of hydrogen-bond acceptors (Lipinski definition) is 5. The van der Waals surface area contributed by atoms with Crippen molar-refractivity contribution in [3.63, 3.8) is 0 Å². The van der Waals surface area contributed by atoms with Gasteiger partial charge in [-0.05, 0) is 94.5 Å². The summed E-state index contributed by atoms with van der Waals surface area (Å²) < 4.78 is 0.798. The minimum Gasteiger partial charge on any atom is -0.618 e.